The number of halogens is 1. The predicted octanol–water partition coefficient (Wildman–Crippen LogP) is 5.05. The summed E-state index contributed by atoms with van der Waals surface area (Å²) in [6, 6.07) is 7.42. The SMILES string of the molecule is CCCC(CC)NC1CCSc2ccc(Cl)cc21. The lowest BCUT2D eigenvalue weighted by Gasteiger charge is -2.30. The van der Waals surface area contributed by atoms with Gasteiger partial charge in [0, 0.05) is 22.0 Å². The van der Waals surface area contributed by atoms with Crippen LogP contribution in [0.4, 0.5) is 0 Å². The van der Waals surface area contributed by atoms with Crippen molar-refractivity contribution < 1.29 is 0 Å². The van der Waals surface area contributed by atoms with Crippen LogP contribution in [-0.4, -0.2) is 11.8 Å². The molecule has 0 spiro atoms. The number of rotatable bonds is 5. The zero-order chi connectivity index (χ0) is 13.0. The Balaban J connectivity index is 2.13. The largest absolute Gasteiger partial charge is 0.307 e. The van der Waals surface area contributed by atoms with Gasteiger partial charge < -0.3 is 5.32 Å². The Morgan fingerprint density at radius 2 is 2.28 bits per heavy atom. The molecule has 1 aliphatic rings. The average molecular weight is 284 g/mol. The van der Waals surface area contributed by atoms with Crippen LogP contribution in [-0.2, 0) is 0 Å². The van der Waals surface area contributed by atoms with E-state index in [1.807, 2.05) is 17.8 Å². The van der Waals surface area contributed by atoms with Crippen LogP contribution in [0.1, 0.15) is 51.1 Å². The second-order valence-electron chi connectivity index (χ2n) is 4.93. The molecule has 18 heavy (non-hydrogen) atoms. The first-order valence-corrected chi connectivity index (χ1v) is 8.29. The monoisotopic (exact) mass is 283 g/mol. The van der Waals surface area contributed by atoms with Crippen molar-refractivity contribution in [3.63, 3.8) is 0 Å². The second kappa shape index (κ2) is 6.83. The Labute approximate surface area is 120 Å². The zero-order valence-electron chi connectivity index (χ0n) is 11.2. The van der Waals surface area contributed by atoms with E-state index >= 15 is 0 Å². The van der Waals surface area contributed by atoms with Crippen molar-refractivity contribution in [1.82, 2.24) is 5.32 Å². The van der Waals surface area contributed by atoms with Crippen molar-refractivity contribution >= 4 is 23.4 Å². The Bertz CT molecular complexity index is 394. The first kappa shape index (κ1) is 14.2. The fourth-order valence-electron chi connectivity index (χ4n) is 2.58. The fourth-order valence-corrected chi connectivity index (χ4v) is 3.86. The first-order valence-electron chi connectivity index (χ1n) is 6.92. The van der Waals surface area contributed by atoms with Gasteiger partial charge in [0.25, 0.3) is 0 Å². The van der Waals surface area contributed by atoms with E-state index < -0.39 is 0 Å². The zero-order valence-corrected chi connectivity index (χ0v) is 12.8. The Hall–Kier alpha value is -0.180. The molecule has 1 heterocycles. The highest BCUT2D eigenvalue weighted by Gasteiger charge is 2.22. The number of fused-ring (bicyclic) bond motifs is 1. The van der Waals surface area contributed by atoms with Crippen LogP contribution in [0.15, 0.2) is 23.1 Å². The van der Waals surface area contributed by atoms with Crippen LogP contribution in [0.2, 0.25) is 5.02 Å². The third-order valence-electron chi connectivity index (χ3n) is 3.58. The molecule has 0 aromatic heterocycles. The Kier molecular flexibility index (Phi) is 5.40. The maximum atomic E-state index is 6.14. The van der Waals surface area contributed by atoms with Crippen LogP contribution in [0.25, 0.3) is 0 Å². The van der Waals surface area contributed by atoms with Gasteiger partial charge in [-0.1, -0.05) is 31.9 Å². The molecule has 0 aliphatic carbocycles. The van der Waals surface area contributed by atoms with E-state index in [9.17, 15) is 0 Å². The minimum Gasteiger partial charge on any atom is -0.307 e. The average Bonchev–Trinajstić information content (AvgIpc) is 2.38. The van der Waals surface area contributed by atoms with Gasteiger partial charge in [0.15, 0.2) is 0 Å². The lowest BCUT2D eigenvalue weighted by Crippen LogP contribution is -2.34. The summed E-state index contributed by atoms with van der Waals surface area (Å²) < 4.78 is 0. The van der Waals surface area contributed by atoms with Gasteiger partial charge in [0.05, 0.1) is 0 Å². The van der Waals surface area contributed by atoms with Gasteiger partial charge in [0.2, 0.25) is 0 Å². The topological polar surface area (TPSA) is 12.0 Å². The van der Waals surface area contributed by atoms with E-state index in [1.54, 1.807) is 0 Å². The number of nitrogens with one attached hydrogen (secondary N) is 1. The maximum Gasteiger partial charge on any atom is 0.0410 e. The normalized spacial score (nSPS) is 20.5. The molecule has 0 amide bonds. The molecule has 100 valence electrons. The van der Waals surface area contributed by atoms with Gasteiger partial charge >= 0.3 is 0 Å². The van der Waals surface area contributed by atoms with E-state index in [1.165, 1.54) is 41.9 Å². The third kappa shape index (κ3) is 3.43. The van der Waals surface area contributed by atoms with Crippen LogP contribution in [0.3, 0.4) is 0 Å². The summed E-state index contributed by atoms with van der Waals surface area (Å²) >= 11 is 8.09. The quantitative estimate of drug-likeness (QED) is 0.812. The van der Waals surface area contributed by atoms with Crippen LogP contribution < -0.4 is 5.32 Å². The van der Waals surface area contributed by atoms with Gasteiger partial charge in [-0.3, -0.25) is 0 Å². The van der Waals surface area contributed by atoms with Gasteiger partial charge in [-0.2, -0.15) is 0 Å². The molecule has 0 bridgehead atoms. The fraction of sp³-hybridized carbons (Fsp3) is 0.600. The number of hydrogen-bond donors (Lipinski definition) is 1. The van der Waals surface area contributed by atoms with E-state index in [2.05, 4.69) is 31.3 Å². The molecule has 2 rings (SSSR count). The third-order valence-corrected chi connectivity index (χ3v) is 4.94. The second-order valence-corrected chi connectivity index (χ2v) is 6.51. The smallest absolute Gasteiger partial charge is 0.0410 e. The van der Waals surface area contributed by atoms with Crippen molar-refractivity contribution in [3.05, 3.63) is 28.8 Å². The lowest BCUT2D eigenvalue weighted by atomic mass is 10.0. The molecule has 0 fully saturated rings. The van der Waals surface area contributed by atoms with Gasteiger partial charge in [-0.05, 0) is 48.8 Å². The summed E-state index contributed by atoms with van der Waals surface area (Å²) in [5.41, 5.74) is 1.40. The molecule has 1 aromatic rings. The first-order chi connectivity index (χ1) is 8.74. The van der Waals surface area contributed by atoms with Crippen molar-refractivity contribution in [2.75, 3.05) is 5.75 Å². The Morgan fingerprint density at radius 1 is 1.44 bits per heavy atom. The van der Waals surface area contributed by atoms with Gasteiger partial charge in [-0.15, -0.1) is 11.8 Å². The molecule has 0 radical (unpaired) electrons. The van der Waals surface area contributed by atoms with Crippen molar-refractivity contribution in [2.24, 2.45) is 0 Å². The summed E-state index contributed by atoms with van der Waals surface area (Å²) in [5.74, 6) is 1.20. The maximum absolute atomic E-state index is 6.14. The molecule has 2 atom stereocenters. The molecular formula is C15H22ClNS. The van der Waals surface area contributed by atoms with Gasteiger partial charge in [0.1, 0.15) is 0 Å². The summed E-state index contributed by atoms with van der Waals surface area (Å²) in [7, 11) is 0. The summed E-state index contributed by atoms with van der Waals surface area (Å²) in [6.45, 7) is 4.52. The van der Waals surface area contributed by atoms with Gasteiger partial charge in [-0.25, -0.2) is 0 Å². The predicted molar refractivity (Wildman–Crippen MR) is 81.7 cm³/mol. The van der Waals surface area contributed by atoms with Crippen LogP contribution in [0.5, 0.6) is 0 Å². The minimum atomic E-state index is 0.483. The highest BCUT2D eigenvalue weighted by molar-refractivity contribution is 7.99. The van der Waals surface area contributed by atoms with E-state index in [-0.39, 0.29) is 0 Å². The highest BCUT2D eigenvalue weighted by Crippen LogP contribution is 2.37. The van der Waals surface area contributed by atoms with Crippen molar-refractivity contribution in [1.29, 1.82) is 0 Å². The lowest BCUT2D eigenvalue weighted by molar-refractivity contribution is 0.390. The highest BCUT2D eigenvalue weighted by atomic mass is 35.5. The molecule has 0 saturated heterocycles. The summed E-state index contributed by atoms with van der Waals surface area (Å²) in [5, 5.41) is 4.67. The van der Waals surface area contributed by atoms with Crippen molar-refractivity contribution in [2.45, 2.75) is 56.5 Å². The molecule has 2 unspecified atom stereocenters. The molecule has 3 heteroatoms. The minimum absolute atomic E-state index is 0.483. The van der Waals surface area contributed by atoms with E-state index in [4.69, 9.17) is 11.6 Å². The number of benzene rings is 1. The molecule has 0 saturated carbocycles. The van der Waals surface area contributed by atoms with Crippen LogP contribution >= 0.6 is 23.4 Å². The van der Waals surface area contributed by atoms with E-state index in [0.717, 1.165) is 5.02 Å². The Morgan fingerprint density at radius 3 is 3.00 bits per heavy atom. The standard InChI is InChI=1S/C15H22ClNS/c1-3-5-12(4-2)17-14-8-9-18-15-7-6-11(16)10-13(14)15/h6-7,10,12,14,17H,3-5,8-9H2,1-2H3. The summed E-state index contributed by atoms with van der Waals surface area (Å²) in [6.07, 6.45) is 4.91. The van der Waals surface area contributed by atoms with E-state index in [0.29, 0.717) is 12.1 Å². The van der Waals surface area contributed by atoms with Crippen molar-refractivity contribution in [3.8, 4) is 0 Å². The molecule has 1 aliphatic heterocycles. The molecule has 1 nitrogen and oxygen atoms in total. The molecular weight excluding hydrogens is 262 g/mol. The number of thioether (sulfide) groups is 1. The van der Waals surface area contributed by atoms with Crippen LogP contribution in [0, 0.1) is 0 Å². The summed E-state index contributed by atoms with van der Waals surface area (Å²) in [4.78, 5) is 1.40. The molecule has 1 aromatic carbocycles. The molecule has 1 N–H and O–H groups in total. The number of hydrogen-bond acceptors (Lipinski definition) is 2.